The molecule has 0 saturated heterocycles. The number of benzene rings is 2. The highest BCUT2D eigenvalue weighted by Gasteiger charge is 2.08. The van der Waals surface area contributed by atoms with Gasteiger partial charge in [-0.15, -0.1) is 0 Å². The van der Waals surface area contributed by atoms with Crippen LogP contribution in [0.1, 0.15) is 11.1 Å². The molecule has 0 saturated carbocycles. The minimum Gasteiger partial charge on any atom is -0.493 e. The van der Waals surface area contributed by atoms with Crippen LogP contribution >= 0.6 is 0 Å². The van der Waals surface area contributed by atoms with Crippen LogP contribution in [0.3, 0.4) is 0 Å². The average Bonchev–Trinajstić information content (AvgIpc) is 2.56. The molecular weight excluding hydrogens is 292 g/mol. The van der Waals surface area contributed by atoms with E-state index < -0.39 is 0 Å². The Labute approximate surface area is 136 Å². The number of ether oxygens (including phenoxy) is 2. The van der Waals surface area contributed by atoms with Crippen molar-refractivity contribution in [3.63, 3.8) is 0 Å². The number of amides is 1. The van der Waals surface area contributed by atoms with Gasteiger partial charge in [-0.3, -0.25) is 4.79 Å². The van der Waals surface area contributed by atoms with E-state index in [4.69, 9.17) is 9.47 Å². The third-order valence-corrected chi connectivity index (χ3v) is 3.43. The SMILES string of the molecule is CNCc1ccc(NC(=O)Cc2ccc(OC)c(OC)c2)cc1. The predicted octanol–water partition coefficient (Wildman–Crippen LogP) is 2.60. The molecule has 0 bridgehead atoms. The van der Waals surface area contributed by atoms with Gasteiger partial charge in [-0.25, -0.2) is 0 Å². The van der Waals surface area contributed by atoms with Gasteiger partial charge in [0.15, 0.2) is 11.5 Å². The lowest BCUT2D eigenvalue weighted by molar-refractivity contribution is -0.115. The normalized spacial score (nSPS) is 10.2. The van der Waals surface area contributed by atoms with Crippen LogP contribution in [0.25, 0.3) is 0 Å². The molecule has 5 heteroatoms. The van der Waals surface area contributed by atoms with Crippen LogP contribution < -0.4 is 20.1 Å². The molecule has 2 N–H and O–H groups in total. The van der Waals surface area contributed by atoms with E-state index in [0.717, 1.165) is 17.8 Å². The van der Waals surface area contributed by atoms with Gasteiger partial charge in [0.25, 0.3) is 0 Å². The molecule has 5 nitrogen and oxygen atoms in total. The van der Waals surface area contributed by atoms with Crippen molar-refractivity contribution in [2.75, 3.05) is 26.6 Å². The molecule has 0 aromatic heterocycles. The van der Waals surface area contributed by atoms with Gasteiger partial charge in [0, 0.05) is 12.2 Å². The van der Waals surface area contributed by atoms with E-state index in [1.807, 2.05) is 43.4 Å². The van der Waals surface area contributed by atoms with Gasteiger partial charge in [0.2, 0.25) is 5.91 Å². The second kappa shape index (κ2) is 8.19. The molecule has 0 radical (unpaired) electrons. The zero-order valence-corrected chi connectivity index (χ0v) is 13.7. The van der Waals surface area contributed by atoms with E-state index in [0.29, 0.717) is 11.5 Å². The maximum absolute atomic E-state index is 12.2. The molecule has 0 aliphatic carbocycles. The second-order valence-electron chi connectivity index (χ2n) is 5.14. The summed E-state index contributed by atoms with van der Waals surface area (Å²) in [7, 11) is 5.06. The van der Waals surface area contributed by atoms with Crippen LogP contribution in [0.2, 0.25) is 0 Å². The Kier molecular flexibility index (Phi) is 6.00. The Morgan fingerprint density at radius 2 is 1.61 bits per heavy atom. The standard InChI is InChI=1S/C18H22N2O3/c1-19-12-13-4-7-15(8-5-13)20-18(21)11-14-6-9-16(22-2)17(10-14)23-3/h4-10,19H,11-12H2,1-3H3,(H,20,21). The van der Waals surface area contributed by atoms with Gasteiger partial charge >= 0.3 is 0 Å². The molecule has 0 fully saturated rings. The highest BCUT2D eigenvalue weighted by molar-refractivity contribution is 5.92. The highest BCUT2D eigenvalue weighted by Crippen LogP contribution is 2.27. The number of carbonyl (C=O) groups excluding carboxylic acids is 1. The Bertz CT molecular complexity index is 654. The van der Waals surface area contributed by atoms with Crippen molar-refractivity contribution >= 4 is 11.6 Å². The summed E-state index contributed by atoms with van der Waals surface area (Å²) in [6.45, 7) is 0.805. The van der Waals surface area contributed by atoms with E-state index in [1.54, 1.807) is 20.3 Å². The summed E-state index contributed by atoms with van der Waals surface area (Å²) in [5.74, 6) is 1.20. The summed E-state index contributed by atoms with van der Waals surface area (Å²) in [6, 6.07) is 13.3. The summed E-state index contributed by atoms with van der Waals surface area (Å²) in [5.41, 5.74) is 2.83. The number of nitrogens with one attached hydrogen (secondary N) is 2. The Morgan fingerprint density at radius 1 is 0.957 bits per heavy atom. The summed E-state index contributed by atoms with van der Waals surface area (Å²) in [6.07, 6.45) is 0.276. The van der Waals surface area contributed by atoms with Gasteiger partial charge in [-0.2, -0.15) is 0 Å². The number of anilines is 1. The molecule has 0 spiro atoms. The highest BCUT2D eigenvalue weighted by atomic mass is 16.5. The summed E-state index contributed by atoms with van der Waals surface area (Å²) in [5, 5.41) is 5.98. The monoisotopic (exact) mass is 314 g/mol. The van der Waals surface area contributed by atoms with Crippen LogP contribution in [-0.4, -0.2) is 27.2 Å². The van der Waals surface area contributed by atoms with Crippen LogP contribution in [0.5, 0.6) is 11.5 Å². The van der Waals surface area contributed by atoms with Gasteiger partial charge in [-0.05, 0) is 42.4 Å². The Morgan fingerprint density at radius 3 is 2.22 bits per heavy atom. The van der Waals surface area contributed by atoms with Crippen molar-refractivity contribution in [1.82, 2.24) is 5.32 Å². The minimum atomic E-state index is -0.0708. The van der Waals surface area contributed by atoms with Gasteiger partial charge < -0.3 is 20.1 Å². The largest absolute Gasteiger partial charge is 0.493 e. The first-order valence-electron chi connectivity index (χ1n) is 7.40. The zero-order chi connectivity index (χ0) is 16.7. The number of carbonyl (C=O) groups is 1. The third-order valence-electron chi connectivity index (χ3n) is 3.43. The van der Waals surface area contributed by atoms with Crippen molar-refractivity contribution in [3.05, 3.63) is 53.6 Å². The lowest BCUT2D eigenvalue weighted by Gasteiger charge is -2.10. The molecule has 0 heterocycles. The van der Waals surface area contributed by atoms with Crippen LogP contribution in [0.15, 0.2) is 42.5 Å². The Hall–Kier alpha value is -2.53. The topological polar surface area (TPSA) is 59.6 Å². The van der Waals surface area contributed by atoms with E-state index >= 15 is 0 Å². The Balaban J connectivity index is 1.99. The molecule has 122 valence electrons. The fourth-order valence-corrected chi connectivity index (χ4v) is 2.29. The number of hydrogen-bond donors (Lipinski definition) is 2. The first-order chi connectivity index (χ1) is 11.2. The number of rotatable bonds is 7. The molecule has 2 aromatic carbocycles. The number of hydrogen-bond acceptors (Lipinski definition) is 4. The molecular formula is C18H22N2O3. The second-order valence-corrected chi connectivity index (χ2v) is 5.14. The van der Waals surface area contributed by atoms with E-state index in [2.05, 4.69) is 10.6 Å². The van der Waals surface area contributed by atoms with Crippen molar-refractivity contribution < 1.29 is 14.3 Å². The number of methoxy groups -OCH3 is 2. The van der Waals surface area contributed by atoms with Gasteiger partial charge in [0.05, 0.1) is 20.6 Å². The predicted molar refractivity (Wildman–Crippen MR) is 91.1 cm³/mol. The first-order valence-corrected chi connectivity index (χ1v) is 7.40. The summed E-state index contributed by atoms with van der Waals surface area (Å²) in [4.78, 5) is 12.2. The van der Waals surface area contributed by atoms with Crippen molar-refractivity contribution in [2.45, 2.75) is 13.0 Å². The first kappa shape index (κ1) is 16.8. The quantitative estimate of drug-likeness (QED) is 0.825. The van der Waals surface area contributed by atoms with Crippen LogP contribution in [0, 0.1) is 0 Å². The molecule has 2 aromatic rings. The molecule has 0 atom stereocenters. The van der Waals surface area contributed by atoms with Crippen molar-refractivity contribution in [2.24, 2.45) is 0 Å². The van der Waals surface area contributed by atoms with E-state index in [-0.39, 0.29) is 12.3 Å². The van der Waals surface area contributed by atoms with Gasteiger partial charge in [-0.1, -0.05) is 18.2 Å². The van der Waals surface area contributed by atoms with Crippen molar-refractivity contribution in [3.8, 4) is 11.5 Å². The smallest absolute Gasteiger partial charge is 0.228 e. The van der Waals surface area contributed by atoms with Crippen LogP contribution in [0.4, 0.5) is 5.69 Å². The van der Waals surface area contributed by atoms with E-state index in [1.165, 1.54) is 5.56 Å². The minimum absolute atomic E-state index is 0.0708. The zero-order valence-electron chi connectivity index (χ0n) is 13.7. The fraction of sp³-hybridized carbons (Fsp3) is 0.278. The fourth-order valence-electron chi connectivity index (χ4n) is 2.29. The lowest BCUT2D eigenvalue weighted by Crippen LogP contribution is -2.14. The molecule has 2 rings (SSSR count). The molecule has 23 heavy (non-hydrogen) atoms. The van der Waals surface area contributed by atoms with Crippen molar-refractivity contribution in [1.29, 1.82) is 0 Å². The van der Waals surface area contributed by atoms with E-state index in [9.17, 15) is 4.79 Å². The average molecular weight is 314 g/mol. The third kappa shape index (κ3) is 4.72. The molecule has 0 unspecified atom stereocenters. The maximum Gasteiger partial charge on any atom is 0.228 e. The molecule has 0 aliphatic heterocycles. The maximum atomic E-state index is 12.2. The summed E-state index contributed by atoms with van der Waals surface area (Å²) >= 11 is 0. The summed E-state index contributed by atoms with van der Waals surface area (Å²) < 4.78 is 10.4. The molecule has 0 aliphatic rings. The lowest BCUT2D eigenvalue weighted by atomic mass is 10.1. The van der Waals surface area contributed by atoms with Gasteiger partial charge in [0.1, 0.15) is 0 Å². The molecule has 1 amide bonds. The van der Waals surface area contributed by atoms with Crippen LogP contribution in [-0.2, 0) is 17.8 Å².